The zero-order valence-electron chi connectivity index (χ0n) is 14.6. The SMILES string of the molecule is O=C(O)C1CCC(O)CN1S(=O)(=O)c1ccc(OCc2ccccc2)cc1. The van der Waals surface area contributed by atoms with Crippen molar-refractivity contribution in [2.24, 2.45) is 0 Å². The molecule has 0 spiro atoms. The minimum Gasteiger partial charge on any atom is -0.489 e. The molecule has 0 bridgehead atoms. The summed E-state index contributed by atoms with van der Waals surface area (Å²) in [5, 5.41) is 19.1. The molecule has 1 fully saturated rings. The summed E-state index contributed by atoms with van der Waals surface area (Å²) in [6.07, 6.45) is -0.535. The summed E-state index contributed by atoms with van der Waals surface area (Å²) in [5.74, 6) is -0.709. The quantitative estimate of drug-likeness (QED) is 0.779. The number of β-amino-alcohol motifs (C(OH)–C–C–N with tert-alkyl or cyclic N) is 1. The van der Waals surface area contributed by atoms with Gasteiger partial charge in [0.1, 0.15) is 18.4 Å². The van der Waals surface area contributed by atoms with Gasteiger partial charge in [0.15, 0.2) is 0 Å². The van der Waals surface area contributed by atoms with Crippen molar-refractivity contribution < 1.29 is 28.2 Å². The van der Waals surface area contributed by atoms with E-state index in [1.54, 1.807) is 0 Å². The maximum Gasteiger partial charge on any atom is 0.322 e. The molecule has 2 atom stereocenters. The van der Waals surface area contributed by atoms with Gasteiger partial charge in [-0.25, -0.2) is 8.42 Å². The lowest BCUT2D eigenvalue weighted by molar-refractivity contribution is -0.143. The van der Waals surface area contributed by atoms with Crippen LogP contribution in [0.2, 0.25) is 0 Å². The third-order valence-electron chi connectivity index (χ3n) is 4.48. The van der Waals surface area contributed by atoms with Crippen LogP contribution in [0.25, 0.3) is 0 Å². The molecule has 1 heterocycles. The molecule has 2 aromatic carbocycles. The Kier molecular flexibility index (Phi) is 5.79. The summed E-state index contributed by atoms with van der Waals surface area (Å²) in [6.45, 7) is 0.123. The maximum absolute atomic E-state index is 12.8. The van der Waals surface area contributed by atoms with Crippen molar-refractivity contribution in [3.05, 3.63) is 60.2 Å². The highest BCUT2D eigenvalue weighted by Gasteiger charge is 2.40. The fourth-order valence-corrected chi connectivity index (χ4v) is 4.67. The molecule has 0 amide bonds. The molecule has 7 nitrogen and oxygen atoms in total. The second-order valence-corrected chi connectivity index (χ2v) is 8.30. The number of aliphatic hydroxyl groups excluding tert-OH is 1. The van der Waals surface area contributed by atoms with Gasteiger partial charge in [-0.2, -0.15) is 4.31 Å². The topological polar surface area (TPSA) is 104 Å². The lowest BCUT2D eigenvalue weighted by Crippen LogP contribution is -2.51. The van der Waals surface area contributed by atoms with Crippen molar-refractivity contribution in [3.8, 4) is 5.75 Å². The van der Waals surface area contributed by atoms with E-state index in [1.807, 2.05) is 30.3 Å². The van der Waals surface area contributed by atoms with E-state index in [2.05, 4.69) is 0 Å². The van der Waals surface area contributed by atoms with Gasteiger partial charge < -0.3 is 14.9 Å². The number of hydrogen-bond acceptors (Lipinski definition) is 5. The fourth-order valence-electron chi connectivity index (χ4n) is 3.02. The average molecular weight is 391 g/mol. The Hall–Kier alpha value is -2.42. The number of piperidine rings is 1. The van der Waals surface area contributed by atoms with Crippen LogP contribution >= 0.6 is 0 Å². The predicted molar refractivity (Wildman–Crippen MR) is 97.8 cm³/mol. The zero-order valence-corrected chi connectivity index (χ0v) is 15.4. The Labute approximate surface area is 157 Å². The van der Waals surface area contributed by atoms with Gasteiger partial charge in [-0.15, -0.1) is 0 Å². The molecular weight excluding hydrogens is 370 g/mol. The van der Waals surface area contributed by atoms with Gasteiger partial charge in [-0.3, -0.25) is 4.79 Å². The van der Waals surface area contributed by atoms with Gasteiger partial charge in [0.2, 0.25) is 10.0 Å². The first-order valence-corrected chi connectivity index (χ1v) is 10.0. The van der Waals surface area contributed by atoms with Crippen LogP contribution in [0, 0.1) is 0 Å². The van der Waals surface area contributed by atoms with Crippen molar-refractivity contribution in [2.45, 2.75) is 36.5 Å². The number of rotatable bonds is 6. The first-order chi connectivity index (χ1) is 12.9. The molecule has 0 saturated carbocycles. The summed E-state index contributed by atoms with van der Waals surface area (Å²) in [6, 6.07) is 14.2. The van der Waals surface area contributed by atoms with Crippen LogP contribution in [0.1, 0.15) is 18.4 Å². The highest BCUT2D eigenvalue weighted by Crippen LogP contribution is 2.27. The summed E-state index contributed by atoms with van der Waals surface area (Å²) < 4.78 is 32.2. The van der Waals surface area contributed by atoms with Crippen molar-refractivity contribution >= 4 is 16.0 Å². The van der Waals surface area contributed by atoms with Crippen LogP contribution in [0.15, 0.2) is 59.5 Å². The van der Waals surface area contributed by atoms with Crippen molar-refractivity contribution in [3.63, 3.8) is 0 Å². The summed E-state index contributed by atoms with van der Waals surface area (Å²) in [5.41, 5.74) is 0.987. The Morgan fingerprint density at radius 3 is 2.37 bits per heavy atom. The van der Waals surface area contributed by atoms with E-state index in [9.17, 15) is 23.4 Å². The minimum absolute atomic E-state index is 0.0325. The average Bonchev–Trinajstić information content (AvgIpc) is 2.67. The number of carboxylic acid groups (broad SMARTS) is 1. The molecule has 0 aliphatic carbocycles. The van der Waals surface area contributed by atoms with E-state index in [0.717, 1.165) is 9.87 Å². The van der Waals surface area contributed by atoms with E-state index >= 15 is 0 Å². The summed E-state index contributed by atoms with van der Waals surface area (Å²) >= 11 is 0. The number of carboxylic acids is 1. The Morgan fingerprint density at radius 2 is 1.74 bits per heavy atom. The lowest BCUT2D eigenvalue weighted by atomic mass is 10.0. The molecular formula is C19H21NO6S. The van der Waals surface area contributed by atoms with Gasteiger partial charge >= 0.3 is 5.97 Å². The number of aliphatic carboxylic acids is 1. The third-order valence-corrected chi connectivity index (χ3v) is 6.36. The largest absolute Gasteiger partial charge is 0.489 e. The standard InChI is InChI=1S/C19H21NO6S/c21-15-6-11-18(19(22)23)20(12-15)27(24,25)17-9-7-16(8-10-17)26-13-14-4-2-1-3-5-14/h1-5,7-10,15,18,21H,6,11-13H2,(H,22,23). The van der Waals surface area contributed by atoms with E-state index in [0.29, 0.717) is 12.4 Å². The molecule has 2 aromatic rings. The van der Waals surface area contributed by atoms with Gasteiger partial charge in [0.05, 0.1) is 11.0 Å². The van der Waals surface area contributed by atoms with Gasteiger partial charge in [-0.05, 0) is 42.7 Å². The normalized spacial score (nSPS) is 20.9. The summed E-state index contributed by atoms with van der Waals surface area (Å²) in [7, 11) is -4.04. The third kappa shape index (κ3) is 4.47. The number of hydrogen-bond donors (Lipinski definition) is 2. The smallest absolute Gasteiger partial charge is 0.322 e. The number of carbonyl (C=O) groups is 1. The number of ether oxygens (including phenoxy) is 1. The van der Waals surface area contributed by atoms with E-state index in [4.69, 9.17) is 4.74 Å². The maximum atomic E-state index is 12.8. The van der Waals surface area contributed by atoms with Gasteiger partial charge in [0.25, 0.3) is 0 Å². The predicted octanol–water partition coefficient (Wildman–Crippen LogP) is 1.86. The molecule has 1 aliphatic heterocycles. The van der Waals surface area contributed by atoms with E-state index < -0.39 is 28.1 Å². The molecule has 0 radical (unpaired) electrons. The van der Waals surface area contributed by atoms with Crippen LogP contribution in [0.4, 0.5) is 0 Å². The Morgan fingerprint density at radius 1 is 1.07 bits per heavy atom. The van der Waals surface area contributed by atoms with Gasteiger partial charge in [-0.1, -0.05) is 30.3 Å². The first-order valence-electron chi connectivity index (χ1n) is 8.57. The van der Waals surface area contributed by atoms with Crippen molar-refractivity contribution in [1.29, 1.82) is 0 Å². The molecule has 1 aliphatic rings. The molecule has 8 heteroatoms. The lowest BCUT2D eigenvalue weighted by Gasteiger charge is -2.34. The number of nitrogens with zero attached hydrogens (tertiary/aromatic N) is 1. The Bertz CT molecular complexity index is 882. The summed E-state index contributed by atoms with van der Waals surface area (Å²) in [4.78, 5) is 11.4. The molecule has 2 N–H and O–H groups in total. The van der Waals surface area contributed by atoms with Crippen LogP contribution < -0.4 is 4.74 Å². The van der Waals surface area contributed by atoms with Gasteiger partial charge in [0, 0.05) is 6.54 Å². The first kappa shape index (κ1) is 19.3. The zero-order chi connectivity index (χ0) is 19.4. The van der Waals surface area contributed by atoms with Crippen LogP contribution in [0.3, 0.4) is 0 Å². The molecule has 27 heavy (non-hydrogen) atoms. The van der Waals surface area contributed by atoms with E-state index in [1.165, 1.54) is 24.3 Å². The van der Waals surface area contributed by atoms with Crippen LogP contribution in [-0.2, 0) is 21.4 Å². The highest BCUT2D eigenvalue weighted by atomic mass is 32.2. The van der Waals surface area contributed by atoms with Crippen LogP contribution in [0.5, 0.6) is 5.75 Å². The number of aliphatic hydroxyl groups is 1. The molecule has 144 valence electrons. The second kappa shape index (κ2) is 8.08. The number of sulfonamides is 1. The number of benzene rings is 2. The monoisotopic (exact) mass is 391 g/mol. The molecule has 0 aromatic heterocycles. The Balaban J connectivity index is 1.75. The van der Waals surface area contributed by atoms with Crippen LogP contribution in [-0.4, -0.2) is 47.6 Å². The van der Waals surface area contributed by atoms with E-state index in [-0.39, 0.29) is 24.3 Å². The molecule has 3 rings (SSSR count). The van der Waals surface area contributed by atoms with Crippen molar-refractivity contribution in [2.75, 3.05) is 6.54 Å². The molecule has 1 saturated heterocycles. The van der Waals surface area contributed by atoms with Crippen molar-refractivity contribution in [1.82, 2.24) is 4.31 Å². The molecule has 2 unspecified atom stereocenters. The minimum atomic E-state index is -4.04. The highest BCUT2D eigenvalue weighted by molar-refractivity contribution is 7.89. The fraction of sp³-hybridized carbons (Fsp3) is 0.316. The second-order valence-electron chi connectivity index (χ2n) is 6.41.